The summed E-state index contributed by atoms with van der Waals surface area (Å²) in [5.41, 5.74) is 9.31. The first kappa shape index (κ1) is 15.9. The molecule has 0 saturated heterocycles. The summed E-state index contributed by atoms with van der Waals surface area (Å²) < 4.78 is 4.88. The van der Waals surface area contributed by atoms with Gasteiger partial charge in [0.05, 0.1) is 13.0 Å². The number of ether oxygens (including phenoxy) is 1. The average molecular weight is 258 g/mol. The van der Waals surface area contributed by atoms with E-state index in [-0.39, 0.29) is 30.8 Å². The molecule has 0 aliphatic carbocycles. The van der Waals surface area contributed by atoms with Crippen LogP contribution in [0.4, 0.5) is 0 Å². The Balaban J connectivity index is 0.00000256. The first-order valence-corrected chi connectivity index (χ1v) is 5.53. The second kappa shape index (κ2) is 7.30. The molecule has 3 nitrogen and oxygen atoms in total. The highest BCUT2D eigenvalue weighted by atomic mass is 35.5. The fraction of sp³-hybridized carbons (Fsp3) is 0.462. The van der Waals surface area contributed by atoms with E-state index >= 15 is 0 Å². The number of hydrogen-bond donors (Lipinski definition) is 1. The Kier molecular flexibility index (Phi) is 6.85. The van der Waals surface area contributed by atoms with Gasteiger partial charge in [-0.3, -0.25) is 4.79 Å². The van der Waals surface area contributed by atoms with Gasteiger partial charge in [-0.05, 0) is 31.9 Å². The fourth-order valence-corrected chi connectivity index (χ4v) is 1.75. The quantitative estimate of drug-likeness (QED) is 0.844. The van der Waals surface area contributed by atoms with Crippen LogP contribution in [0.5, 0.6) is 0 Å². The molecule has 4 heteroatoms. The summed E-state index contributed by atoms with van der Waals surface area (Å²) in [4.78, 5) is 11.3. The van der Waals surface area contributed by atoms with E-state index in [9.17, 15) is 4.79 Å². The second-order valence-electron chi connectivity index (χ2n) is 3.98. The summed E-state index contributed by atoms with van der Waals surface area (Å²) in [6, 6.07) is 5.78. The Bertz CT molecular complexity index is 380. The maximum atomic E-state index is 11.3. The molecule has 0 heterocycles. The number of benzene rings is 1. The van der Waals surface area contributed by atoms with Crippen LogP contribution in [-0.2, 0) is 9.53 Å². The first-order chi connectivity index (χ1) is 7.54. The number of carbonyl (C=O) groups is 1. The van der Waals surface area contributed by atoms with E-state index in [1.165, 1.54) is 5.56 Å². The van der Waals surface area contributed by atoms with Crippen LogP contribution in [0.1, 0.15) is 36.1 Å². The zero-order valence-corrected chi connectivity index (χ0v) is 11.3. The Hall–Kier alpha value is -1.06. The molecule has 1 rings (SSSR count). The van der Waals surface area contributed by atoms with Crippen LogP contribution >= 0.6 is 12.4 Å². The predicted molar refractivity (Wildman–Crippen MR) is 71.3 cm³/mol. The number of aryl methyl sites for hydroxylation is 2. The van der Waals surface area contributed by atoms with Gasteiger partial charge in [-0.15, -0.1) is 12.4 Å². The van der Waals surface area contributed by atoms with Gasteiger partial charge in [-0.1, -0.05) is 23.8 Å². The van der Waals surface area contributed by atoms with Gasteiger partial charge in [-0.2, -0.15) is 0 Å². The largest absolute Gasteiger partial charge is 0.466 e. The summed E-state index contributed by atoms with van der Waals surface area (Å²) in [6.45, 7) is 6.24. The molecule has 0 aromatic heterocycles. The van der Waals surface area contributed by atoms with Crippen molar-refractivity contribution < 1.29 is 9.53 Å². The van der Waals surface area contributed by atoms with E-state index in [1.807, 2.05) is 26.0 Å². The molecule has 0 saturated carbocycles. The van der Waals surface area contributed by atoms with Gasteiger partial charge in [0.2, 0.25) is 0 Å². The molecule has 0 bridgehead atoms. The van der Waals surface area contributed by atoms with E-state index in [1.54, 1.807) is 6.92 Å². The standard InChI is InChI=1S/C13H19NO2.ClH/c1-4-16-13(15)8-12(14)11-6-5-9(2)7-10(11)3;/h5-7,12H,4,8,14H2,1-3H3;1H/t12-;/m1./s1. The molecule has 0 aliphatic rings. The van der Waals surface area contributed by atoms with Gasteiger partial charge in [0.15, 0.2) is 0 Å². The third kappa shape index (κ3) is 4.75. The minimum absolute atomic E-state index is 0. The molecule has 0 aliphatic heterocycles. The minimum atomic E-state index is -0.278. The van der Waals surface area contributed by atoms with Crippen molar-refractivity contribution in [1.82, 2.24) is 0 Å². The van der Waals surface area contributed by atoms with Crippen LogP contribution in [0.2, 0.25) is 0 Å². The van der Waals surface area contributed by atoms with E-state index in [0.717, 1.165) is 11.1 Å². The van der Waals surface area contributed by atoms with E-state index in [4.69, 9.17) is 10.5 Å². The summed E-state index contributed by atoms with van der Waals surface area (Å²) in [7, 11) is 0. The van der Waals surface area contributed by atoms with Crippen molar-refractivity contribution >= 4 is 18.4 Å². The highest BCUT2D eigenvalue weighted by Crippen LogP contribution is 2.19. The maximum absolute atomic E-state index is 11.3. The van der Waals surface area contributed by atoms with Crippen molar-refractivity contribution in [2.24, 2.45) is 5.73 Å². The fourth-order valence-electron chi connectivity index (χ4n) is 1.75. The smallest absolute Gasteiger partial charge is 0.307 e. The highest BCUT2D eigenvalue weighted by Gasteiger charge is 2.14. The van der Waals surface area contributed by atoms with Gasteiger partial charge >= 0.3 is 5.97 Å². The molecule has 0 fully saturated rings. The minimum Gasteiger partial charge on any atom is -0.466 e. The second-order valence-corrected chi connectivity index (χ2v) is 3.98. The Morgan fingerprint density at radius 3 is 2.59 bits per heavy atom. The van der Waals surface area contributed by atoms with Crippen molar-refractivity contribution in [2.75, 3.05) is 6.61 Å². The molecule has 2 N–H and O–H groups in total. The lowest BCUT2D eigenvalue weighted by atomic mass is 9.98. The van der Waals surface area contributed by atoms with Gasteiger partial charge in [0, 0.05) is 6.04 Å². The summed E-state index contributed by atoms with van der Waals surface area (Å²) >= 11 is 0. The normalized spacial score (nSPS) is 11.5. The van der Waals surface area contributed by atoms with Gasteiger partial charge in [-0.25, -0.2) is 0 Å². The Morgan fingerprint density at radius 1 is 1.41 bits per heavy atom. The summed E-state index contributed by atoms with van der Waals surface area (Å²) in [5.74, 6) is -0.241. The SMILES string of the molecule is CCOC(=O)C[C@@H](N)c1ccc(C)cc1C.Cl. The van der Waals surface area contributed by atoms with E-state index in [2.05, 4.69) is 6.07 Å². The van der Waals surface area contributed by atoms with Crippen LogP contribution in [0.25, 0.3) is 0 Å². The third-order valence-electron chi connectivity index (χ3n) is 2.52. The Morgan fingerprint density at radius 2 is 2.06 bits per heavy atom. The van der Waals surface area contributed by atoms with Crippen LogP contribution in [0.3, 0.4) is 0 Å². The average Bonchev–Trinajstić information content (AvgIpc) is 2.17. The molecular weight excluding hydrogens is 238 g/mol. The number of esters is 1. The first-order valence-electron chi connectivity index (χ1n) is 5.53. The topological polar surface area (TPSA) is 52.3 Å². The molecule has 1 aromatic rings. The van der Waals surface area contributed by atoms with Gasteiger partial charge in [0.25, 0.3) is 0 Å². The lowest BCUT2D eigenvalue weighted by molar-refractivity contribution is -0.143. The number of halogens is 1. The lowest BCUT2D eigenvalue weighted by Crippen LogP contribution is -2.18. The van der Waals surface area contributed by atoms with Crippen LogP contribution in [-0.4, -0.2) is 12.6 Å². The molecule has 0 amide bonds. The molecule has 0 radical (unpaired) electrons. The van der Waals surface area contributed by atoms with E-state index < -0.39 is 0 Å². The number of carbonyl (C=O) groups excluding carboxylic acids is 1. The van der Waals surface area contributed by atoms with Crippen LogP contribution in [0, 0.1) is 13.8 Å². The third-order valence-corrected chi connectivity index (χ3v) is 2.52. The van der Waals surface area contributed by atoms with Crippen molar-refractivity contribution in [3.05, 3.63) is 34.9 Å². The molecule has 0 spiro atoms. The predicted octanol–water partition coefficient (Wildman–Crippen LogP) is 2.68. The molecular formula is C13H20ClNO2. The van der Waals surface area contributed by atoms with Crippen molar-refractivity contribution in [1.29, 1.82) is 0 Å². The van der Waals surface area contributed by atoms with Crippen LogP contribution < -0.4 is 5.73 Å². The number of nitrogens with two attached hydrogens (primary N) is 1. The monoisotopic (exact) mass is 257 g/mol. The number of hydrogen-bond acceptors (Lipinski definition) is 3. The Labute approximate surface area is 109 Å². The molecule has 1 atom stereocenters. The highest BCUT2D eigenvalue weighted by molar-refractivity contribution is 5.85. The zero-order valence-electron chi connectivity index (χ0n) is 10.5. The summed E-state index contributed by atoms with van der Waals surface area (Å²) in [5, 5.41) is 0. The summed E-state index contributed by atoms with van der Waals surface area (Å²) in [6.07, 6.45) is 0.234. The van der Waals surface area contributed by atoms with E-state index in [0.29, 0.717) is 6.61 Å². The van der Waals surface area contributed by atoms with Crippen molar-refractivity contribution in [2.45, 2.75) is 33.2 Å². The van der Waals surface area contributed by atoms with Gasteiger partial charge in [0.1, 0.15) is 0 Å². The molecule has 1 aromatic carbocycles. The maximum Gasteiger partial charge on any atom is 0.307 e. The zero-order chi connectivity index (χ0) is 12.1. The molecule has 96 valence electrons. The molecule has 0 unspecified atom stereocenters. The van der Waals surface area contributed by atoms with Gasteiger partial charge < -0.3 is 10.5 Å². The van der Waals surface area contributed by atoms with Crippen molar-refractivity contribution in [3.8, 4) is 0 Å². The lowest BCUT2D eigenvalue weighted by Gasteiger charge is -2.14. The molecule has 17 heavy (non-hydrogen) atoms. The van der Waals surface area contributed by atoms with Crippen LogP contribution in [0.15, 0.2) is 18.2 Å². The van der Waals surface area contributed by atoms with Crippen molar-refractivity contribution in [3.63, 3.8) is 0 Å². The number of rotatable bonds is 4.